The van der Waals surface area contributed by atoms with E-state index in [4.69, 9.17) is 14.2 Å². The third-order valence-electron chi connectivity index (χ3n) is 4.51. The van der Waals surface area contributed by atoms with E-state index < -0.39 is 6.10 Å². The van der Waals surface area contributed by atoms with Gasteiger partial charge in [0.2, 0.25) is 6.79 Å². The van der Waals surface area contributed by atoms with Crippen LogP contribution in [0.4, 0.5) is 11.4 Å². The van der Waals surface area contributed by atoms with Crippen LogP contribution in [-0.2, 0) is 4.79 Å². The van der Waals surface area contributed by atoms with Crippen molar-refractivity contribution in [3.63, 3.8) is 0 Å². The lowest BCUT2D eigenvalue weighted by Gasteiger charge is -2.33. The molecule has 2 aromatic rings. The summed E-state index contributed by atoms with van der Waals surface area (Å²) in [5.41, 5.74) is 1.72. The Bertz CT molecular complexity index is 911. The quantitative estimate of drug-likeness (QED) is 0.897. The van der Waals surface area contributed by atoms with Crippen molar-refractivity contribution in [2.24, 2.45) is 0 Å². The van der Waals surface area contributed by atoms with Gasteiger partial charge in [0, 0.05) is 17.8 Å². The molecule has 1 N–H and O–H groups in total. The fourth-order valence-corrected chi connectivity index (χ4v) is 3.18. The Labute approximate surface area is 156 Å². The maximum atomic E-state index is 12.6. The van der Waals surface area contributed by atoms with Crippen LogP contribution >= 0.6 is 0 Å². The standard InChI is InChI=1S/C20H20N2O5/c1-3-8-22-15-10-14(5-7-16(15)27-12(2)20(22)24)21-19(23)13-4-6-17-18(9-13)26-11-25-17/h4-7,9-10,12H,3,8,11H2,1-2H3,(H,21,23). The van der Waals surface area contributed by atoms with Crippen LogP contribution in [0.5, 0.6) is 17.2 Å². The molecule has 140 valence electrons. The molecule has 0 aromatic heterocycles. The molecule has 2 amide bonds. The molecule has 2 aliphatic rings. The fraction of sp³-hybridized carbons (Fsp3) is 0.300. The molecule has 0 saturated carbocycles. The molecule has 1 unspecified atom stereocenters. The summed E-state index contributed by atoms with van der Waals surface area (Å²) in [6.07, 6.45) is 0.309. The van der Waals surface area contributed by atoms with Crippen molar-refractivity contribution in [3.8, 4) is 17.2 Å². The molecule has 2 aromatic carbocycles. The highest BCUT2D eigenvalue weighted by atomic mass is 16.7. The molecule has 7 heteroatoms. The zero-order chi connectivity index (χ0) is 19.0. The van der Waals surface area contributed by atoms with Crippen LogP contribution in [0.15, 0.2) is 36.4 Å². The molecular weight excluding hydrogens is 348 g/mol. The average molecular weight is 368 g/mol. The highest BCUT2D eigenvalue weighted by Gasteiger charge is 2.31. The molecule has 7 nitrogen and oxygen atoms in total. The third kappa shape index (κ3) is 3.16. The maximum Gasteiger partial charge on any atom is 0.267 e. The van der Waals surface area contributed by atoms with Crippen molar-refractivity contribution in [2.75, 3.05) is 23.6 Å². The molecule has 0 saturated heterocycles. The van der Waals surface area contributed by atoms with Gasteiger partial charge in [-0.3, -0.25) is 9.59 Å². The number of carbonyl (C=O) groups is 2. The molecular formula is C20H20N2O5. The first-order valence-electron chi connectivity index (χ1n) is 8.90. The highest BCUT2D eigenvalue weighted by Crippen LogP contribution is 2.37. The Morgan fingerprint density at radius 1 is 1.15 bits per heavy atom. The number of hydrogen-bond acceptors (Lipinski definition) is 5. The molecule has 2 aliphatic heterocycles. The predicted octanol–water partition coefficient (Wildman–Crippen LogP) is 3.19. The second-order valence-corrected chi connectivity index (χ2v) is 6.45. The van der Waals surface area contributed by atoms with E-state index in [0.29, 0.717) is 40.7 Å². The van der Waals surface area contributed by atoms with Gasteiger partial charge in [-0.25, -0.2) is 0 Å². The van der Waals surface area contributed by atoms with Gasteiger partial charge < -0.3 is 24.4 Å². The molecule has 0 fully saturated rings. The van der Waals surface area contributed by atoms with Gasteiger partial charge in [0.1, 0.15) is 5.75 Å². The first-order chi connectivity index (χ1) is 13.1. The monoisotopic (exact) mass is 368 g/mol. The summed E-state index contributed by atoms with van der Waals surface area (Å²) in [6, 6.07) is 10.3. The Morgan fingerprint density at radius 2 is 1.93 bits per heavy atom. The van der Waals surface area contributed by atoms with Gasteiger partial charge in [-0.2, -0.15) is 0 Å². The number of anilines is 2. The van der Waals surface area contributed by atoms with Gasteiger partial charge in [0.25, 0.3) is 11.8 Å². The van der Waals surface area contributed by atoms with E-state index in [1.165, 1.54) is 0 Å². The molecule has 1 atom stereocenters. The first kappa shape index (κ1) is 17.2. The number of nitrogens with zero attached hydrogens (tertiary/aromatic N) is 1. The number of carbonyl (C=O) groups excluding carboxylic acids is 2. The van der Waals surface area contributed by atoms with Crippen LogP contribution in [-0.4, -0.2) is 31.3 Å². The Balaban J connectivity index is 1.58. The van der Waals surface area contributed by atoms with Gasteiger partial charge >= 0.3 is 0 Å². The summed E-state index contributed by atoms with van der Waals surface area (Å²) in [6.45, 7) is 4.51. The van der Waals surface area contributed by atoms with Crippen molar-refractivity contribution in [3.05, 3.63) is 42.0 Å². The Hall–Kier alpha value is -3.22. The van der Waals surface area contributed by atoms with E-state index in [1.54, 1.807) is 48.2 Å². The molecule has 27 heavy (non-hydrogen) atoms. The minimum absolute atomic E-state index is 0.0800. The summed E-state index contributed by atoms with van der Waals surface area (Å²) < 4.78 is 16.3. The normalized spacial score (nSPS) is 17.3. The van der Waals surface area contributed by atoms with E-state index in [2.05, 4.69) is 5.32 Å². The smallest absolute Gasteiger partial charge is 0.267 e. The molecule has 0 radical (unpaired) electrons. The molecule has 0 bridgehead atoms. The van der Waals surface area contributed by atoms with Crippen LogP contribution in [0.25, 0.3) is 0 Å². The summed E-state index contributed by atoms with van der Waals surface area (Å²) in [5.74, 6) is 1.46. The van der Waals surface area contributed by atoms with Crippen molar-refractivity contribution >= 4 is 23.2 Å². The minimum atomic E-state index is -0.516. The van der Waals surface area contributed by atoms with Crippen LogP contribution in [0, 0.1) is 0 Å². The first-order valence-corrected chi connectivity index (χ1v) is 8.90. The van der Waals surface area contributed by atoms with Crippen molar-refractivity contribution < 1.29 is 23.8 Å². The lowest BCUT2D eigenvalue weighted by molar-refractivity contribution is -0.125. The van der Waals surface area contributed by atoms with Gasteiger partial charge in [-0.05, 0) is 49.7 Å². The van der Waals surface area contributed by atoms with E-state index >= 15 is 0 Å². The van der Waals surface area contributed by atoms with E-state index in [-0.39, 0.29) is 18.6 Å². The second kappa shape index (κ2) is 6.83. The van der Waals surface area contributed by atoms with Crippen LogP contribution in [0.3, 0.4) is 0 Å². The summed E-state index contributed by atoms with van der Waals surface area (Å²) in [4.78, 5) is 26.7. The SMILES string of the molecule is CCCN1C(=O)C(C)Oc2ccc(NC(=O)c3ccc4c(c3)OCO4)cc21. The van der Waals surface area contributed by atoms with Crippen molar-refractivity contribution in [1.82, 2.24) is 0 Å². The average Bonchev–Trinajstić information content (AvgIpc) is 3.13. The Kier molecular flexibility index (Phi) is 4.35. The van der Waals surface area contributed by atoms with Crippen molar-refractivity contribution in [1.29, 1.82) is 0 Å². The number of amides is 2. The van der Waals surface area contributed by atoms with Gasteiger partial charge in [-0.15, -0.1) is 0 Å². The molecule has 2 heterocycles. The predicted molar refractivity (Wildman–Crippen MR) is 99.7 cm³/mol. The van der Waals surface area contributed by atoms with E-state index in [0.717, 1.165) is 6.42 Å². The topological polar surface area (TPSA) is 77.1 Å². The largest absolute Gasteiger partial charge is 0.479 e. The number of hydrogen-bond donors (Lipinski definition) is 1. The number of nitrogens with one attached hydrogen (secondary N) is 1. The summed E-state index contributed by atoms with van der Waals surface area (Å²) >= 11 is 0. The summed E-state index contributed by atoms with van der Waals surface area (Å²) in [7, 11) is 0. The molecule has 4 rings (SSSR count). The number of rotatable bonds is 4. The second-order valence-electron chi connectivity index (χ2n) is 6.45. The minimum Gasteiger partial charge on any atom is -0.479 e. The lowest BCUT2D eigenvalue weighted by Crippen LogP contribution is -2.44. The van der Waals surface area contributed by atoms with Crippen LogP contribution in [0.2, 0.25) is 0 Å². The Morgan fingerprint density at radius 3 is 2.74 bits per heavy atom. The molecule has 0 aliphatic carbocycles. The zero-order valence-electron chi connectivity index (χ0n) is 15.2. The number of benzene rings is 2. The van der Waals surface area contributed by atoms with Crippen LogP contribution in [0.1, 0.15) is 30.6 Å². The summed E-state index contributed by atoms with van der Waals surface area (Å²) in [5, 5.41) is 2.86. The van der Waals surface area contributed by atoms with Gasteiger partial charge in [0.15, 0.2) is 17.6 Å². The van der Waals surface area contributed by atoms with Crippen molar-refractivity contribution in [2.45, 2.75) is 26.4 Å². The highest BCUT2D eigenvalue weighted by molar-refractivity contribution is 6.06. The number of ether oxygens (including phenoxy) is 3. The third-order valence-corrected chi connectivity index (χ3v) is 4.51. The fourth-order valence-electron chi connectivity index (χ4n) is 3.18. The molecule has 0 spiro atoms. The zero-order valence-corrected chi connectivity index (χ0v) is 15.2. The van der Waals surface area contributed by atoms with Crippen LogP contribution < -0.4 is 24.4 Å². The lowest BCUT2D eigenvalue weighted by atomic mass is 10.1. The maximum absolute atomic E-state index is 12.6. The number of fused-ring (bicyclic) bond motifs is 2. The van der Waals surface area contributed by atoms with Gasteiger partial charge in [0.05, 0.1) is 5.69 Å². The van der Waals surface area contributed by atoms with E-state index in [1.807, 2.05) is 6.92 Å². The van der Waals surface area contributed by atoms with E-state index in [9.17, 15) is 9.59 Å². The van der Waals surface area contributed by atoms with Gasteiger partial charge in [-0.1, -0.05) is 6.92 Å².